The topological polar surface area (TPSA) is 90.1 Å². The summed E-state index contributed by atoms with van der Waals surface area (Å²) >= 11 is 0. The summed E-state index contributed by atoms with van der Waals surface area (Å²) in [6, 6.07) is 9.90. The molecule has 2 heterocycles. The van der Waals surface area contributed by atoms with Gasteiger partial charge in [-0.15, -0.1) is 0 Å². The molecule has 146 valence electrons. The van der Waals surface area contributed by atoms with Gasteiger partial charge in [-0.25, -0.2) is 4.79 Å². The van der Waals surface area contributed by atoms with Gasteiger partial charge in [-0.2, -0.15) is 18.2 Å². The van der Waals surface area contributed by atoms with Gasteiger partial charge in [0, 0.05) is 29.6 Å². The number of alkyl halides is 3. The molecule has 2 aromatic heterocycles. The van der Waals surface area contributed by atoms with Crippen LogP contribution in [0.15, 0.2) is 47.1 Å². The molecule has 0 atom stereocenters. The molecule has 10 heteroatoms. The van der Waals surface area contributed by atoms with Gasteiger partial charge in [-0.05, 0) is 18.6 Å². The van der Waals surface area contributed by atoms with Crippen LogP contribution in [0.2, 0.25) is 0 Å². The summed E-state index contributed by atoms with van der Waals surface area (Å²) < 4.78 is 46.8. The summed E-state index contributed by atoms with van der Waals surface area (Å²) in [6.07, 6.45) is -3.63. The molecule has 0 saturated carbocycles. The van der Waals surface area contributed by atoms with E-state index < -0.39 is 18.2 Å². The monoisotopic (exact) mass is 392 g/mol. The zero-order valence-corrected chi connectivity index (χ0v) is 14.7. The molecule has 0 aliphatic rings. The molecular formula is C18H15F3N4O3. The molecule has 1 aromatic carbocycles. The first-order chi connectivity index (χ1) is 13.3. The van der Waals surface area contributed by atoms with Crippen molar-refractivity contribution in [3.8, 4) is 11.4 Å². The van der Waals surface area contributed by atoms with Gasteiger partial charge in [-0.1, -0.05) is 35.5 Å². The zero-order valence-electron chi connectivity index (χ0n) is 14.7. The summed E-state index contributed by atoms with van der Waals surface area (Å²) in [5.74, 6) is -1.57. The van der Waals surface area contributed by atoms with Crippen LogP contribution in [0.3, 0.4) is 0 Å². The number of pyridine rings is 1. The first kappa shape index (κ1) is 19.3. The Morgan fingerprint density at radius 3 is 2.61 bits per heavy atom. The van der Waals surface area contributed by atoms with Crippen LogP contribution in [0.5, 0.6) is 0 Å². The highest BCUT2D eigenvalue weighted by atomic mass is 19.4. The number of nitrogens with one attached hydrogen (secondary N) is 1. The molecule has 0 aliphatic carbocycles. The van der Waals surface area contributed by atoms with Crippen molar-refractivity contribution in [1.82, 2.24) is 20.4 Å². The summed E-state index contributed by atoms with van der Waals surface area (Å²) in [5.41, 5.74) is 2.66. The lowest BCUT2D eigenvalue weighted by atomic mass is 10.1. The standard InChI is InChI=1S/C18H15F3N4O3/c1-11-14(3-2-8-22-11)10-27-17(26)23-9-12-4-6-13(7-5-12)15-24-16(28-25-15)18(19,20)21/h2-8H,9-10H2,1H3,(H,23,26). The number of nitrogens with zero attached hydrogens (tertiary/aromatic N) is 3. The second-order valence-corrected chi connectivity index (χ2v) is 5.80. The lowest BCUT2D eigenvalue weighted by Gasteiger charge is -2.08. The van der Waals surface area contributed by atoms with Crippen molar-refractivity contribution in [2.45, 2.75) is 26.3 Å². The van der Waals surface area contributed by atoms with E-state index in [2.05, 4.69) is 25.0 Å². The third-order valence-corrected chi connectivity index (χ3v) is 3.79. The molecule has 28 heavy (non-hydrogen) atoms. The van der Waals surface area contributed by atoms with E-state index in [9.17, 15) is 18.0 Å². The maximum atomic E-state index is 12.5. The highest BCUT2D eigenvalue weighted by Crippen LogP contribution is 2.29. The van der Waals surface area contributed by atoms with E-state index in [0.29, 0.717) is 5.56 Å². The molecule has 0 bridgehead atoms. The molecule has 7 nitrogen and oxygen atoms in total. The van der Waals surface area contributed by atoms with Gasteiger partial charge in [0.1, 0.15) is 6.61 Å². The van der Waals surface area contributed by atoms with Crippen LogP contribution in [0, 0.1) is 6.92 Å². The van der Waals surface area contributed by atoms with Crippen molar-refractivity contribution in [2.24, 2.45) is 0 Å². The summed E-state index contributed by atoms with van der Waals surface area (Å²) in [6.45, 7) is 2.11. The van der Waals surface area contributed by atoms with Crippen LogP contribution in [0.4, 0.5) is 18.0 Å². The first-order valence-corrected chi connectivity index (χ1v) is 8.14. The minimum atomic E-state index is -4.69. The summed E-state index contributed by atoms with van der Waals surface area (Å²) in [5, 5.41) is 5.91. The Hall–Kier alpha value is -3.43. The number of hydrogen-bond donors (Lipinski definition) is 1. The number of ether oxygens (including phenoxy) is 1. The van der Waals surface area contributed by atoms with Gasteiger partial charge < -0.3 is 14.6 Å². The lowest BCUT2D eigenvalue weighted by Crippen LogP contribution is -2.23. The Morgan fingerprint density at radius 1 is 1.21 bits per heavy atom. The SMILES string of the molecule is Cc1ncccc1COC(=O)NCc1ccc(-c2noc(C(F)(F)F)n2)cc1. The Labute approximate surface area is 157 Å². The third-order valence-electron chi connectivity index (χ3n) is 3.79. The van der Waals surface area contributed by atoms with Crippen LogP contribution in [0.1, 0.15) is 22.7 Å². The van der Waals surface area contributed by atoms with E-state index in [1.165, 1.54) is 12.1 Å². The molecule has 0 unspecified atom stereocenters. The normalized spacial score (nSPS) is 11.3. The van der Waals surface area contributed by atoms with Crippen molar-refractivity contribution in [2.75, 3.05) is 0 Å². The number of carbonyl (C=O) groups is 1. The average Bonchev–Trinajstić information content (AvgIpc) is 3.17. The smallest absolute Gasteiger partial charge is 0.445 e. The average molecular weight is 392 g/mol. The molecule has 3 aromatic rings. The minimum absolute atomic E-state index is 0.101. The number of rotatable bonds is 5. The van der Waals surface area contributed by atoms with Gasteiger partial charge in [0.15, 0.2) is 0 Å². The Kier molecular flexibility index (Phi) is 5.57. The number of hydrogen-bond acceptors (Lipinski definition) is 6. The fraction of sp³-hybridized carbons (Fsp3) is 0.222. The highest BCUT2D eigenvalue weighted by molar-refractivity contribution is 5.67. The van der Waals surface area contributed by atoms with E-state index in [0.717, 1.165) is 16.8 Å². The molecule has 0 radical (unpaired) electrons. The molecule has 0 aliphatic heterocycles. The van der Waals surface area contributed by atoms with Gasteiger partial charge in [0.25, 0.3) is 0 Å². The predicted molar refractivity (Wildman–Crippen MR) is 90.7 cm³/mol. The second-order valence-electron chi connectivity index (χ2n) is 5.80. The minimum Gasteiger partial charge on any atom is -0.445 e. The van der Waals surface area contributed by atoms with Crippen LogP contribution in [-0.2, 0) is 24.1 Å². The predicted octanol–water partition coefficient (Wildman–Crippen LogP) is 3.89. The molecule has 3 rings (SSSR count). The Balaban J connectivity index is 1.52. The Bertz CT molecular complexity index is 955. The molecule has 1 amide bonds. The van der Waals surface area contributed by atoms with Gasteiger partial charge in [0.05, 0.1) is 0 Å². The second kappa shape index (κ2) is 8.07. The van der Waals surface area contributed by atoms with E-state index >= 15 is 0 Å². The number of carbonyl (C=O) groups excluding carboxylic acids is 1. The highest BCUT2D eigenvalue weighted by Gasteiger charge is 2.38. The molecule has 1 N–H and O–H groups in total. The number of aromatic nitrogens is 3. The van der Waals surface area contributed by atoms with Crippen molar-refractivity contribution in [3.05, 3.63) is 65.3 Å². The van der Waals surface area contributed by atoms with Gasteiger partial charge >= 0.3 is 18.2 Å². The number of halogens is 3. The zero-order chi connectivity index (χ0) is 20.1. The number of aryl methyl sites for hydroxylation is 1. The quantitative estimate of drug-likeness (QED) is 0.709. The van der Waals surface area contributed by atoms with E-state index in [-0.39, 0.29) is 19.0 Å². The molecule has 0 saturated heterocycles. The van der Waals surface area contributed by atoms with Crippen LogP contribution >= 0.6 is 0 Å². The largest absolute Gasteiger partial charge is 0.471 e. The Morgan fingerprint density at radius 2 is 1.96 bits per heavy atom. The fourth-order valence-corrected chi connectivity index (χ4v) is 2.27. The molecular weight excluding hydrogens is 377 g/mol. The summed E-state index contributed by atoms with van der Waals surface area (Å²) in [4.78, 5) is 19.2. The fourth-order valence-electron chi connectivity index (χ4n) is 2.27. The molecule has 0 fully saturated rings. The third kappa shape index (κ3) is 4.84. The first-order valence-electron chi connectivity index (χ1n) is 8.14. The maximum absolute atomic E-state index is 12.5. The van der Waals surface area contributed by atoms with Gasteiger partial charge in [0.2, 0.25) is 5.82 Å². The van der Waals surface area contributed by atoms with E-state index in [4.69, 9.17) is 4.74 Å². The van der Waals surface area contributed by atoms with E-state index in [1.54, 1.807) is 24.4 Å². The van der Waals surface area contributed by atoms with Crippen molar-refractivity contribution in [3.63, 3.8) is 0 Å². The summed E-state index contributed by atoms with van der Waals surface area (Å²) in [7, 11) is 0. The lowest BCUT2D eigenvalue weighted by molar-refractivity contribution is -0.159. The number of benzene rings is 1. The van der Waals surface area contributed by atoms with Gasteiger partial charge in [-0.3, -0.25) is 4.98 Å². The van der Waals surface area contributed by atoms with Crippen LogP contribution in [-0.4, -0.2) is 21.2 Å². The van der Waals surface area contributed by atoms with Crippen molar-refractivity contribution >= 4 is 6.09 Å². The molecule has 0 spiro atoms. The number of alkyl carbamates (subject to hydrolysis) is 1. The maximum Gasteiger partial charge on any atom is 0.471 e. The van der Waals surface area contributed by atoms with Crippen LogP contribution in [0.25, 0.3) is 11.4 Å². The van der Waals surface area contributed by atoms with E-state index in [1.807, 2.05) is 13.0 Å². The van der Waals surface area contributed by atoms with Crippen LogP contribution < -0.4 is 5.32 Å². The number of amides is 1. The van der Waals surface area contributed by atoms with Crippen molar-refractivity contribution in [1.29, 1.82) is 0 Å². The van der Waals surface area contributed by atoms with Crippen molar-refractivity contribution < 1.29 is 27.2 Å².